The van der Waals surface area contributed by atoms with Crippen LogP contribution < -0.4 is 14.2 Å². The highest BCUT2D eigenvalue weighted by molar-refractivity contribution is 7.89. The molecule has 132 valence electrons. The van der Waals surface area contributed by atoms with Gasteiger partial charge in [-0.15, -0.1) is 0 Å². The molecule has 0 saturated carbocycles. The van der Waals surface area contributed by atoms with E-state index in [2.05, 4.69) is 9.71 Å². The van der Waals surface area contributed by atoms with Gasteiger partial charge in [-0.25, -0.2) is 13.1 Å². The van der Waals surface area contributed by atoms with Crippen LogP contribution in [0.15, 0.2) is 53.6 Å². The Labute approximate surface area is 146 Å². The van der Waals surface area contributed by atoms with Gasteiger partial charge in [-0.1, -0.05) is 0 Å². The lowest BCUT2D eigenvalue weighted by atomic mass is 10.1. The van der Waals surface area contributed by atoms with E-state index in [0.717, 1.165) is 22.2 Å². The van der Waals surface area contributed by atoms with E-state index < -0.39 is 10.0 Å². The molecule has 0 aliphatic rings. The highest BCUT2D eigenvalue weighted by Crippen LogP contribution is 2.24. The van der Waals surface area contributed by atoms with Crippen LogP contribution in [0.3, 0.4) is 0 Å². The summed E-state index contributed by atoms with van der Waals surface area (Å²) < 4.78 is 37.6. The van der Waals surface area contributed by atoms with Crippen molar-refractivity contribution in [2.24, 2.45) is 0 Å². The van der Waals surface area contributed by atoms with E-state index in [4.69, 9.17) is 9.47 Å². The Morgan fingerprint density at radius 2 is 1.68 bits per heavy atom. The Kier molecular flexibility index (Phi) is 4.96. The molecular weight excluding hydrogens is 340 g/mol. The van der Waals surface area contributed by atoms with Gasteiger partial charge in [-0.3, -0.25) is 0 Å². The first-order chi connectivity index (χ1) is 12.0. The average molecular weight is 360 g/mol. The number of hydrogen-bond donors (Lipinski definition) is 2. The molecule has 0 aliphatic carbocycles. The minimum atomic E-state index is -3.55. The number of ether oxygens (including phenoxy) is 2. The van der Waals surface area contributed by atoms with Gasteiger partial charge in [-0.05, 0) is 54.4 Å². The van der Waals surface area contributed by atoms with Crippen molar-refractivity contribution in [1.82, 2.24) is 9.71 Å². The van der Waals surface area contributed by atoms with Crippen LogP contribution in [0.1, 0.15) is 5.56 Å². The van der Waals surface area contributed by atoms with Crippen molar-refractivity contribution in [2.45, 2.75) is 11.3 Å². The van der Waals surface area contributed by atoms with Gasteiger partial charge in [0, 0.05) is 23.6 Å². The number of rotatable bonds is 7. The van der Waals surface area contributed by atoms with Crippen molar-refractivity contribution in [3.8, 4) is 11.5 Å². The van der Waals surface area contributed by atoms with E-state index >= 15 is 0 Å². The molecule has 0 saturated heterocycles. The Morgan fingerprint density at radius 1 is 1.00 bits per heavy atom. The van der Waals surface area contributed by atoms with Crippen LogP contribution in [0.25, 0.3) is 10.9 Å². The molecule has 7 heteroatoms. The molecule has 0 aliphatic heterocycles. The van der Waals surface area contributed by atoms with Gasteiger partial charge in [0.15, 0.2) is 0 Å². The highest BCUT2D eigenvalue weighted by Gasteiger charge is 2.14. The van der Waals surface area contributed by atoms with Crippen molar-refractivity contribution in [1.29, 1.82) is 0 Å². The monoisotopic (exact) mass is 360 g/mol. The summed E-state index contributed by atoms with van der Waals surface area (Å²) in [7, 11) is -0.384. The van der Waals surface area contributed by atoms with Gasteiger partial charge < -0.3 is 14.5 Å². The zero-order chi connectivity index (χ0) is 17.9. The molecule has 0 radical (unpaired) electrons. The molecular formula is C18H20N2O4S. The third-order valence-corrected chi connectivity index (χ3v) is 5.51. The van der Waals surface area contributed by atoms with Crippen LogP contribution >= 0.6 is 0 Å². The summed E-state index contributed by atoms with van der Waals surface area (Å²) in [5.41, 5.74) is 2.03. The number of hydrogen-bond acceptors (Lipinski definition) is 4. The number of fused-ring (bicyclic) bond motifs is 1. The Morgan fingerprint density at radius 3 is 2.36 bits per heavy atom. The lowest BCUT2D eigenvalue weighted by Crippen LogP contribution is -2.25. The standard InChI is InChI=1S/C18H20N2O4S/c1-23-14-3-6-16(7-4-14)25(21,22)20-10-9-13-12-19-18-8-5-15(24-2)11-17(13)18/h3-8,11-12,19-20H,9-10H2,1-2H3. The Hall–Kier alpha value is -2.51. The SMILES string of the molecule is COc1ccc(S(=O)(=O)NCCc2c[nH]c3ccc(OC)cc23)cc1. The van der Waals surface area contributed by atoms with E-state index in [0.29, 0.717) is 18.7 Å². The second kappa shape index (κ2) is 7.16. The summed E-state index contributed by atoms with van der Waals surface area (Å²) in [5.74, 6) is 1.39. The van der Waals surface area contributed by atoms with Gasteiger partial charge in [0.2, 0.25) is 10.0 Å². The molecule has 0 atom stereocenters. The van der Waals surface area contributed by atoms with Gasteiger partial charge in [0.1, 0.15) is 11.5 Å². The molecule has 25 heavy (non-hydrogen) atoms. The van der Waals surface area contributed by atoms with E-state index in [9.17, 15) is 8.42 Å². The van der Waals surface area contributed by atoms with Crippen molar-refractivity contribution in [3.63, 3.8) is 0 Å². The lowest BCUT2D eigenvalue weighted by Gasteiger charge is -2.07. The molecule has 6 nitrogen and oxygen atoms in total. The minimum absolute atomic E-state index is 0.217. The first-order valence-corrected chi connectivity index (χ1v) is 9.29. The van der Waals surface area contributed by atoms with Gasteiger partial charge in [0.05, 0.1) is 19.1 Å². The van der Waals surface area contributed by atoms with Crippen LogP contribution in [0.5, 0.6) is 11.5 Å². The molecule has 0 spiro atoms. The maximum Gasteiger partial charge on any atom is 0.240 e. The van der Waals surface area contributed by atoms with Crippen molar-refractivity contribution < 1.29 is 17.9 Å². The van der Waals surface area contributed by atoms with Crippen LogP contribution in [0.4, 0.5) is 0 Å². The number of methoxy groups -OCH3 is 2. The van der Waals surface area contributed by atoms with E-state index in [1.807, 2.05) is 24.4 Å². The average Bonchev–Trinajstić information content (AvgIpc) is 3.04. The third kappa shape index (κ3) is 3.78. The summed E-state index contributed by atoms with van der Waals surface area (Å²) in [4.78, 5) is 3.40. The Bertz CT molecular complexity index is 962. The number of H-pyrrole nitrogens is 1. The maximum atomic E-state index is 12.3. The van der Waals surface area contributed by atoms with Crippen LogP contribution in [-0.4, -0.2) is 34.2 Å². The molecule has 0 bridgehead atoms. The van der Waals surface area contributed by atoms with Crippen LogP contribution in [0.2, 0.25) is 0 Å². The highest BCUT2D eigenvalue weighted by atomic mass is 32.2. The zero-order valence-corrected chi connectivity index (χ0v) is 14.9. The van der Waals surface area contributed by atoms with Gasteiger partial charge >= 0.3 is 0 Å². The zero-order valence-electron chi connectivity index (χ0n) is 14.1. The summed E-state index contributed by atoms with van der Waals surface area (Å²) in [6, 6.07) is 12.1. The van der Waals surface area contributed by atoms with Crippen molar-refractivity contribution in [3.05, 3.63) is 54.2 Å². The summed E-state index contributed by atoms with van der Waals surface area (Å²) in [6.45, 7) is 0.304. The molecule has 2 aromatic carbocycles. The fraction of sp³-hybridized carbons (Fsp3) is 0.222. The van der Waals surface area contributed by atoms with Crippen molar-refractivity contribution >= 4 is 20.9 Å². The predicted molar refractivity (Wildman–Crippen MR) is 96.7 cm³/mol. The molecule has 2 N–H and O–H groups in total. The quantitative estimate of drug-likeness (QED) is 0.679. The van der Waals surface area contributed by atoms with E-state index in [1.54, 1.807) is 19.2 Å². The molecule has 1 heterocycles. The normalized spacial score (nSPS) is 11.6. The molecule has 3 aromatic rings. The largest absolute Gasteiger partial charge is 0.497 e. The number of aromatic nitrogens is 1. The van der Waals surface area contributed by atoms with Crippen LogP contribution in [-0.2, 0) is 16.4 Å². The number of aromatic amines is 1. The smallest absolute Gasteiger partial charge is 0.240 e. The minimum Gasteiger partial charge on any atom is -0.497 e. The molecule has 1 aromatic heterocycles. The third-order valence-electron chi connectivity index (χ3n) is 4.03. The predicted octanol–water partition coefficient (Wildman–Crippen LogP) is 2.71. The first kappa shape index (κ1) is 17.3. The molecule has 0 fully saturated rings. The lowest BCUT2D eigenvalue weighted by molar-refractivity contribution is 0.414. The molecule has 0 unspecified atom stereocenters. The van der Waals surface area contributed by atoms with E-state index in [1.165, 1.54) is 19.2 Å². The number of benzene rings is 2. The number of sulfonamides is 1. The fourth-order valence-electron chi connectivity index (χ4n) is 2.65. The summed E-state index contributed by atoms with van der Waals surface area (Å²) >= 11 is 0. The van der Waals surface area contributed by atoms with Crippen molar-refractivity contribution in [2.75, 3.05) is 20.8 Å². The number of nitrogens with one attached hydrogen (secondary N) is 2. The fourth-order valence-corrected chi connectivity index (χ4v) is 3.68. The molecule has 3 rings (SSSR count). The maximum absolute atomic E-state index is 12.3. The van der Waals surface area contributed by atoms with Gasteiger partial charge in [-0.2, -0.15) is 0 Å². The second-order valence-electron chi connectivity index (χ2n) is 5.55. The summed E-state index contributed by atoms with van der Waals surface area (Å²) in [6.07, 6.45) is 2.47. The summed E-state index contributed by atoms with van der Waals surface area (Å²) in [5, 5.41) is 1.03. The first-order valence-electron chi connectivity index (χ1n) is 7.81. The molecule has 0 amide bonds. The topological polar surface area (TPSA) is 80.4 Å². The second-order valence-corrected chi connectivity index (χ2v) is 7.32. The van der Waals surface area contributed by atoms with Gasteiger partial charge in [0.25, 0.3) is 0 Å². The van der Waals surface area contributed by atoms with E-state index in [-0.39, 0.29) is 4.90 Å². The Balaban J connectivity index is 1.69. The van der Waals surface area contributed by atoms with Crippen LogP contribution in [0, 0.1) is 0 Å².